The molecule has 0 aromatic heterocycles. The Hall–Kier alpha value is -4.01. The van der Waals surface area contributed by atoms with Crippen LogP contribution in [0.5, 0.6) is 0 Å². The van der Waals surface area contributed by atoms with Gasteiger partial charge in [-0.1, -0.05) is 121 Å². The molecule has 2 N–H and O–H groups in total. The lowest BCUT2D eigenvalue weighted by atomic mass is 9.32. The minimum atomic E-state index is 0.285. The van der Waals surface area contributed by atoms with Gasteiger partial charge in [0, 0.05) is 17.1 Å². The first kappa shape index (κ1) is 25.5. The number of hydrogen-bond acceptors (Lipinski definition) is 2. The Bertz CT molecular complexity index is 1940. The van der Waals surface area contributed by atoms with Crippen LogP contribution in [-0.4, -0.2) is 20.0 Å². The van der Waals surface area contributed by atoms with Gasteiger partial charge >= 0.3 is 0 Å². The van der Waals surface area contributed by atoms with Crippen LogP contribution in [-0.2, 0) is 6.42 Å². The minimum absolute atomic E-state index is 0.285. The first-order valence-electron chi connectivity index (χ1n) is 16.4. The lowest BCUT2D eigenvalue weighted by molar-refractivity contribution is 0.597. The van der Waals surface area contributed by atoms with Crippen LogP contribution in [0.4, 0.5) is 17.1 Å². The molecule has 0 atom stereocenters. The summed E-state index contributed by atoms with van der Waals surface area (Å²) in [6.45, 7) is 3.61. The fraction of sp³-hybridized carbons (Fsp3) is 0.231. The average Bonchev–Trinajstić information content (AvgIpc) is 3.54. The van der Waals surface area contributed by atoms with Crippen molar-refractivity contribution in [3.63, 3.8) is 0 Å². The van der Waals surface area contributed by atoms with E-state index in [9.17, 15) is 0 Å². The molecule has 0 radical (unpaired) electrons. The molecule has 208 valence electrons. The maximum absolute atomic E-state index is 5.66. The molecule has 0 saturated carbocycles. The summed E-state index contributed by atoms with van der Waals surface area (Å²) in [5.74, 6) is 0. The number of nitrogens with zero attached hydrogens (tertiary/aromatic N) is 1. The molecular formula is C39H36B2N2. The van der Waals surface area contributed by atoms with E-state index in [0.29, 0.717) is 0 Å². The lowest BCUT2D eigenvalue weighted by Crippen LogP contribution is -2.62. The highest BCUT2D eigenvalue weighted by Gasteiger charge is 2.49. The zero-order chi connectivity index (χ0) is 28.7. The van der Waals surface area contributed by atoms with Gasteiger partial charge < -0.3 is 10.6 Å². The monoisotopic (exact) mass is 554 g/mol. The average molecular weight is 554 g/mol. The standard InChI is InChI=1S/C39H36B2N2/c1-25-18-20-31-29(23-25)27-12-8-16-35-37(27)40(31)33-14-10-15-34-39(33)43(35)36-17-9-13-28-30-24-26(11-6-4-2-3-5-7-22-42)19-21-32(30)41(34)38(28)36/h8-10,12-21,23-24H,2-7,11,22,42H2,1H3. The molecule has 0 saturated heterocycles. The number of para-hydroxylation sites is 1. The molecule has 4 aliphatic heterocycles. The molecule has 2 nitrogen and oxygen atoms in total. The topological polar surface area (TPSA) is 29.3 Å². The predicted octanol–water partition coefficient (Wildman–Crippen LogP) is 4.93. The highest BCUT2D eigenvalue weighted by molar-refractivity contribution is 7.05. The molecule has 9 rings (SSSR count). The van der Waals surface area contributed by atoms with Crippen LogP contribution in [0.3, 0.4) is 0 Å². The fourth-order valence-electron chi connectivity index (χ4n) is 8.78. The Morgan fingerprint density at radius 2 is 1.14 bits per heavy atom. The molecule has 43 heavy (non-hydrogen) atoms. The number of rotatable bonds is 8. The maximum Gasteiger partial charge on any atom is 0.248 e. The summed E-state index contributed by atoms with van der Waals surface area (Å²) in [6, 6.07) is 35.6. The van der Waals surface area contributed by atoms with Crippen LogP contribution in [0.2, 0.25) is 0 Å². The first-order chi connectivity index (χ1) is 21.2. The minimum Gasteiger partial charge on any atom is -0.330 e. The van der Waals surface area contributed by atoms with E-state index in [4.69, 9.17) is 5.73 Å². The fourth-order valence-corrected chi connectivity index (χ4v) is 8.78. The van der Waals surface area contributed by atoms with E-state index < -0.39 is 0 Å². The molecule has 0 aliphatic carbocycles. The third-order valence-electron chi connectivity index (χ3n) is 10.6. The maximum atomic E-state index is 5.66. The Morgan fingerprint density at radius 3 is 1.81 bits per heavy atom. The van der Waals surface area contributed by atoms with Crippen LogP contribution in [0.1, 0.15) is 49.7 Å². The van der Waals surface area contributed by atoms with Crippen molar-refractivity contribution in [1.82, 2.24) is 0 Å². The van der Waals surface area contributed by atoms with Crippen molar-refractivity contribution in [2.45, 2.75) is 51.9 Å². The van der Waals surface area contributed by atoms with Gasteiger partial charge in [-0.3, -0.25) is 0 Å². The van der Waals surface area contributed by atoms with E-state index >= 15 is 0 Å². The highest BCUT2D eigenvalue weighted by Crippen LogP contribution is 2.43. The Morgan fingerprint density at radius 1 is 0.558 bits per heavy atom. The molecular weight excluding hydrogens is 518 g/mol. The van der Waals surface area contributed by atoms with Crippen LogP contribution < -0.4 is 43.4 Å². The van der Waals surface area contributed by atoms with Crippen LogP contribution >= 0.6 is 0 Å². The van der Waals surface area contributed by atoms with E-state index in [1.807, 2.05) is 0 Å². The normalized spacial score (nSPS) is 14.0. The lowest BCUT2D eigenvalue weighted by Gasteiger charge is -2.42. The second kappa shape index (κ2) is 9.76. The summed E-state index contributed by atoms with van der Waals surface area (Å²) < 4.78 is 0. The van der Waals surface area contributed by atoms with Crippen molar-refractivity contribution < 1.29 is 0 Å². The van der Waals surface area contributed by atoms with Crippen molar-refractivity contribution in [2.24, 2.45) is 5.73 Å². The van der Waals surface area contributed by atoms with Crippen molar-refractivity contribution >= 4 is 63.3 Å². The third-order valence-corrected chi connectivity index (χ3v) is 10.6. The van der Waals surface area contributed by atoms with Crippen molar-refractivity contribution in [3.05, 3.63) is 102 Å². The van der Waals surface area contributed by atoms with Gasteiger partial charge in [-0.25, -0.2) is 0 Å². The molecule has 5 aromatic carbocycles. The van der Waals surface area contributed by atoms with Crippen molar-refractivity contribution in [3.8, 4) is 22.3 Å². The van der Waals surface area contributed by atoms with Gasteiger partial charge in [0.05, 0.1) is 0 Å². The SMILES string of the molecule is Cc1ccc2c(c1)-c1cccc3c1B2c1cccc2c1N3c1cccc3c1B2c1ccc(CCCCCCCCN)cc1-3. The van der Waals surface area contributed by atoms with Crippen LogP contribution in [0.25, 0.3) is 22.3 Å². The molecule has 0 amide bonds. The Labute approximate surface area is 256 Å². The summed E-state index contributed by atoms with van der Waals surface area (Å²) in [5.41, 5.74) is 27.1. The van der Waals surface area contributed by atoms with E-state index in [0.717, 1.165) is 19.4 Å². The summed E-state index contributed by atoms with van der Waals surface area (Å²) >= 11 is 0. The summed E-state index contributed by atoms with van der Waals surface area (Å²) in [6.07, 6.45) is 8.80. The molecule has 4 aliphatic rings. The van der Waals surface area contributed by atoms with Gasteiger partial charge in [0.1, 0.15) is 0 Å². The largest absolute Gasteiger partial charge is 0.330 e. The van der Waals surface area contributed by atoms with E-state index in [-0.39, 0.29) is 13.4 Å². The molecule has 0 fully saturated rings. The van der Waals surface area contributed by atoms with E-state index in [1.54, 1.807) is 0 Å². The van der Waals surface area contributed by atoms with Gasteiger partial charge in [-0.05, 0) is 94.5 Å². The third kappa shape index (κ3) is 3.60. The number of nitrogens with two attached hydrogens (primary N) is 1. The number of benzene rings is 5. The molecule has 5 aromatic rings. The number of anilines is 3. The first-order valence-corrected chi connectivity index (χ1v) is 16.4. The summed E-state index contributed by atoms with van der Waals surface area (Å²) in [5, 5.41) is 0. The van der Waals surface area contributed by atoms with Crippen molar-refractivity contribution in [2.75, 3.05) is 11.4 Å². The van der Waals surface area contributed by atoms with Crippen molar-refractivity contribution in [1.29, 1.82) is 0 Å². The van der Waals surface area contributed by atoms with Gasteiger partial charge in [0.25, 0.3) is 0 Å². The second-order valence-electron chi connectivity index (χ2n) is 13.1. The predicted molar refractivity (Wildman–Crippen MR) is 187 cm³/mol. The quantitative estimate of drug-likeness (QED) is 0.213. The molecule has 4 heteroatoms. The van der Waals surface area contributed by atoms with E-state index in [2.05, 4.69) is 103 Å². The van der Waals surface area contributed by atoms with Gasteiger partial charge in [0.15, 0.2) is 0 Å². The molecule has 4 heterocycles. The zero-order valence-corrected chi connectivity index (χ0v) is 25.0. The number of unbranched alkanes of at least 4 members (excludes halogenated alkanes) is 5. The number of fused-ring (bicyclic) bond motifs is 10. The van der Waals surface area contributed by atoms with Gasteiger partial charge in [0.2, 0.25) is 13.4 Å². The second-order valence-corrected chi connectivity index (χ2v) is 13.1. The summed E-state index contributed by atoms with van der Waals surface area (Å²) in [7, 11) is 0. The highest BCUT2D eigenvalue weighted by atomic mass is 15.2. The number of aryl methyl sites for hydroxylation is 2. The Kier molecular flexibility index (Phi) is 5.78. The van der Waals surface area contributed by atoms with Crippen LogP contribution in [0, 0.1) is 6.92 Å². The van der Waals surface area contributed by atoms with E-state index in [1.165, 1.54) is 115 Å². The summed E-state index contributed by atoms with van der Waals surface area (Å²) in [4.78, 5) is 2.62. The molecule has 0 spiro atoms. The van der Waals surface area contributed by atoms with Gasteiger partial charge in [-0.15, -0.1) is 0 Å². The smallest absolute Gasteiger partial charge is 0.248 e. The van der Waals surface area contributed by atoms with Crippen LogP contribution in [0.15, 0.2) is 91.0 Å². The van der Waals surface area contributed by atoms with Gasteiger partial charge in [-0.2, -0.15) is 0 Å². The molecule has 0 unspecified atom stereocenters. The number of hydrogen-bond donors (Lipinski definition) is 1. The zero-order valence-electron chi connectivity index (χ0n) is 25.0. The molecule has 0 bridgehead atoms. The Balaban J connectivity index is 1.16.